The third-order valence-electron chi connectivity index (χ3n) is 5.90. The molecule has 0 atom stereocenters. The highest BCUT2D eigenvalue weighted by Crippen LogP contribution is 2.43. The summed E-state index contributed by atoms with van der Waals surface area (Å²) >= 11 is 7.42. The maximum atomic E-state index is 3.82. The zero-order chi connectivity index (χ0) is 23.6. The van der Waals surface area contributed by atoms with E-state index in [2.05, 4.69) is 109 Å². The van der Waals surface area contributed by atoms with Gasteiger partial charge in [0.05, 0.1) is 0 Å². The van der Waals surface area contributed by atoms with E-state index in [1.165, 1.54) is 56.4 Å². The molecule has 0 aliphatic rings. The van der Waals surface area contributed by atoms with Gasteiger partial charge in [-0.15, -0.1) is 51.9 Å². The summed E-state index contributed by atoms with van der Waals surface area (Å²) < 4.78 is 0. The zero-order valence-corrected chi connectivity index (χ0v) is 22.2. The molecule has 0 radical (unpaired) electrons. The van der Waals surface area contributed by atoms with Gasteiger partial charge in [0, 0.05) is 34.1 Å². The van der Waals surface area contributed by atoms with Gasteiger partial charge in [-0.25, -0.2) is 0 Å². The van der Waals surface area contributed by atoms with Crippen LogP contribution in [0.25, 0.3) is 50.8 Å². The van der Waals surface area contributed by atoms with Crippen LogP contribution in [-0.4, -0.2) is 0 Å². The molecule has 2 aromatic carbocycles. The van der Waals surface area contributed by atoms with Crippen LogP contribution in [0.2, 0.25) is 0 Å². The second-order valence-electron chi connectivity index (χ2n) is 8.24. The lowest BCUT2D eigenvalue weighted by atomic mass is 10.0. The molecule has 6 aromatic rings. The summed E-state index contributed by atoms with van der Waals surface area (Å²) in [4.78, 5) is 9.34. The number of allylic oxidation sites excluding steroid dienone is 1. The molecule has 0 fully saturated rings. The Morgan fingerprint density at radius 1 is 0.486 bits per heavy atom. The fourth-order valence-electron chi connectivity index (χ4n) is 4.08. The first-order chi connectivity index (χ1) is 17.3. The zero-order valence-electron chi connectivity index (χ0n) is 18.9. The van der Waals surface area contributed by atoms with E-state index in [0.717, 1.165) is 6.42 Å². The average molecular weight is 523 g/mol. The molecule has 6 rings (SSSR count). The van der Waals surface area contributed by atoms with Crippen LogP contribution in [0.15, 0.2) is 115 Å². The predicted octanol–water partition coefficient (Wildman–Crippen LogP) is 11.0. The highest BCUT2D eigenvalue weighted by molar-refractivity contribution is 7.28. The normalized spacial score (nSPS) is 11.1. The van der Waals surface area contributed by atoms with Crippen LogP contribution in [0, 0.1) is 0 Å². The molecular weight excluding hydrogens is 501 g/mol. The third-order valence-corrected chi connectivity index (χ3v) is 10.7. The van der Waals surface area contributed by atoms with Crippen LogP contribution in [0.4, 0.5) is 0 Å². The smallest absolute Gasteiger partial charge is 0.0449 e. The van der Waals surface area contributed by atoms with Gasteiger partial charge in [-0.05, 0) is 76.5 Å². The van der Waals surface area contributed by atoms with Gasteiger partial charge < -0.3 is 0 Å². The molecular formula is C31H22S4. The minimum Gasteiger partial charge on any atom is -0.143 e. The first kappa shape index (κ1) is 22.4. The van der Waals surface area contributed by atoms with Crippen molar-refractivity contribution in [2.75, 3.05) is 0 Å². The quantitative estimate of drug-likeness (QED) is 0.183. The van der Waals surface area contributed by atoms with Gasteiger partial charge in [0.1, 0.15) is 0 Å². The predicted molar refractivity (Wildman–Crippen MR) is 159 cm³/mol. The molecule has 4 heterocycles. The summed E-state index contributed by atoms with van der Waals surface area (Å²) in [5.41, 5.74) is 5.06. The Hall–Kier alpha value is -3.02. The van der Waals surface area contributed by atoms with E-state index < -0.39 is 0 Å². The Bertz CT molecular complexity index is 1560. The Labute approximate surface area is 222 Å². The maximum absolute atomic E-state index is 3.82. The van der Waals surface area contributed by atoms with E-state index in [4.69, 9.17) is 0 Å². The summed E-state index contributed by atoms with van der Waals surface area (Å²) in [5.74, 6) is 0. The second-order valence-corrected chi connectivity index (χ2v) is 12.4. The van der Waals surface area contributed by atoms with Crippen molar-refractivity contribution in [1.82, 2.24) is 0 Å². The molecule has 0 amide bonds. The molecule has 0 saturated carbocycles. The van der Waals surface area contributed by atoms with Gasteiger partial charge in [0.25, 0.3) is 0 Å². The average Bonchev–Trinajstić information content (AvgIpc) is 3.70. The minimum atomic E-state index is 0.912. The molecule has 0 bridgehead atoms. The number of thiophene rings is 4. The minimum absolute atomic E-state index is 0.912. The van der Waals surface area contributed by atoms with Crippen molar-refractivity contribution in [3.8, 4) is 50.8 Å². The largest absolute Gasteiger partial charge is 0.143 e. The summed E-state index contributed by atoms with van der Waals surface area (Å²) in [5, 5.41) is 2.14. The van der Waals surface area contributed by atoms with Crippen molar-refractivity contribution < 1.29 is 0 Å². The Morgan fingerprint density at radius 2 is 0.943 bits per heavy atom. The fraction of sp³-hybridized carbons (Fsp3) is 0.0323. The fourth-order valence-corrected chi connectivity index (χ4v) is 8.12. The summed E-state index contributed by atoms with van der Waals surface area (Å²) in [6.45, 7) is 3.82. The van der Waals surface area contributed by atoms with E-state index in [-0.39, 0.29) is 0 Å². The van der Waals surface area contributed by atoms with Crippen LogP contribution in [0.3, 0.4) is 0 Å². The lowest BCUT2D eigenvalue weighted by Gasteiger charge is -2.05. The number of hydrogen-bond acceptors (Lipinski definition) is 4. The molecule has 0 saturated heterocycles. The Morgan fingerprint density at radius 3 is 1.46 bits per heavy atom. The van der Waals surface area contributed by atoms with Crippen molar-refractivity contribution in [3.05, 3.63) is 121 Å². The first-order valence-corrected chi connectivity index (χ1v) is 14.7. The van der Waals surface area contributed by atoms with Gasteiger partial charge in [-0.3, -0.25) is 0 Å². The summed E-state index contributed by atoms with van der Waals surface area (Å²) in [7, 11) is 0. The van der Waals surface area contributed by atoms with Gasteiger partial charge >= 0.3 is 0 Å². The van der Waals surface area contributed by atoms with E-state index in [9.17, 15) is 0 Å². The highest BCUT2D eigenvalue weighted by Gasteiger charge is 2.11. The SMILES string of the molecule is C=CCc1ccc(-c2ccc(-c3ccc(-c4ccc(-c5ccc(-c6cccs6)s5)s4)s3)cc2)cc1. The second kappa shape index (κ2) is 9.92. The van der Waals surface area contributed by atoms with Gasteiger partial charge in [-0.2, -0.15) is 0 Å². The molecule has 0 unspecified atom stereocenters. The first-order valence-electron chi connectivity index (χ1n) is 11.4. The molecule has 4 heteroatoms. The van der Waals surface area contributed by atoms with E-state index in [1.54, 1.807) is 11.3 Å². The highest BCUT2D eigenvalue weighted by atomic mass is 32.1. The van der Waals surface area contributed by atoms with Crippen LogP contribution >= 0.6 is 45.3 Å². The molecule has 0 nitrogen and oxygen atoms in total. The number of rotatable bonds is 7. The standard InChI is InChI=1S/C31H22S4/c1-2-4-21-6-8-22(9-7-21)23-10-12-24(13-11-23)25-14-15-28(33-25)29-18-19-31(35-29)30-17-16-27(34-30)26-5-3-20-32-26/h2-3,5-20H,1,4H2. The molecule has 35 heavy (non-hydrogen) atoms. The third kappa shape index (κ3) is 4.75. The summed E-state index contributed by atoms with van der Waals surface area (Å²) in [6.07, 6.45) is 2.86. The maximum Gasteiger partial charge on any atom is 0.0449 e. The molecule has 4 aromatic heterocycles. The monoisotopic (exact) mass is 522 g/mol. The van der Waals surface area contributed by atoms with Gasteiger partial charge in [0.2, 0.25) is 0 Å². The van der Waals surface area contributed by atoms with Crippen LogP contribution < -0.4 is 0 Å². The van der Waals surface area contributed by atoms with Gasteiger partial charge in [0.15, 0.2) is 0 Å². The lowest BCUT2D eigenvalue weighted by molar-refractivity contribution is 1.28. The lowest BCUT2D eigenvalue weighted by Crippen LogP contribution is -1.82. The van der Waals surface area contributed by atoms with Gasteiger partial charge in [-0.1, -0.05) is 60.7 Å². The molecule has 170 valence electrons. The van der Waals surface area contributed by atoms with E-state index in [1.807, 2.05) is 40.1 Å². The molecule has 0 aliphatic carbocycles. The van der Waals surface area contributed by atoms with E-state index in [0.29, 0.717) is 0 Å². The Kier molecular flexibility index (Phi) is 6.36. The van der Waals surface area contributed by atoms with E-state index >= 15 is 0 Å². The van der Waals surface area contributed by atoms with Crippen molar-refractivity contribution in [3.63, 3.8) is 0 Å². The topological polar surface area (TPSA) is 0 Å². The Balaban J connectivity index is 1.19. The number of hydrogen-bond donors (Lipinski definition) is 0. The number of benzene rings is 2. The van der Waals surface area contributed by atoms with Crippen molar-refractivity contribution in [2.45, 2.75) is 6.42 Å². The molecule has 0 N–H and O–H groups in total. The van der Waals surface area contributed by atoms with Crippen molar-refractivity contribution in [1.29, 1.82) is 0 Å². The van der Waals surface area contributed by atoms with Crippen LogP contribution in [-0.2, 0) is 6.42 Å². The van der Waals surface area contributed by atoms with Crippen LogP contribution in [0.1, 0.15) is 5.56 Å². The van der Waals surface area contributed by atoms with Crippen molar-refractivity contribution in [2.24, 2.45) is 0 Å². The molecule has 0 spiro atoms. The van der Waals surface area contributed by atoms with Crippen molar-refractivity contribution >= 4 is 45.3 Å². The molecule has 0 aliphatic heterocycles. The van der Waals surface area contributed by atoms with Crippen LogP contribution in [0.5, 0.6) is 0 Å². The summed E-state index contributed by atoms with van der Waals surface area (Å²) in [6, 6.07) is 35.5.